The molecule has 0 unspecified atom stereocenters. The lowest BCUT2D eigenvalue weighted by molar-refractivity contribution is 0.603. The van der Waals surface area contributed by atoms with Crippen molar-refractivity contribution >= 4 is 15.9 Å². The molecule has 0 fully saturated rings. The van der Waals surface area contributed by atoms with Gasteiger partial charge in [0.05, 0.1) is 4.90 Å². The van der Waals surface area contributed by atoms with Crippen molar-refractivity contribution in [2.75, 3.05) is 0 Å². The minimum Gasteiger partial charge on any atom is -0.218 e. The quantitative estimate of drug-likeness (QED) is 0.816. The van der Waals surface area contributed by atoms with Crippen LogP contribution < -0.4 is 0 Å². The van der Waals surface area contributed by atoms with Crippen LogP contribution in [0.15, 0.2) is 58.3 Å². The number of allylic oxidation sites excluding steroid dienone is 1. The monoisotopic (exact) mass is 301 g/mol. The highest BCUT2D eigenvalue weighted by atomic mass is 32.2. The molecule has 0 aliphatic rings. The molecule has 0 amide bonds. The summed E-state index contributed by atoms with van der Waals surface area (Å²) in [5.41, 5.74) is 1.37. The molecule has 2 aromatic carbocycles. The molecule has 0 spiro atoms. The predicted molar refractivity (Wildman–Crippen MR) is 78.4 cm³/mol. The lowest BCUT2D eigenvalue weighted by Gasteiger charge is -2.03. The normalized spacial score (nSPS) is 12.0. The molecule has 0 aromatic heterocycles. The van der Waals surface area contributed by atoms with Crippen LogP contribution in [0.5, 0.6) is 0 Å². The molecule has 0 heterocycles. The first-order chi connectivity index (χ1) is 9.93. The fourth-order valence-electron chi connectivity index (χ4n) is 1.72. The SMILES string of the molecule is Cc1ccc(S(=O)(=O)/C(C#N)=C\c2ccc(F)cc2)cc1. The first-order valence-corrected chi connectivity index (χ1v) is 7.61. The van der Waals surface area contributed by atoms with Crippen molar-refractivity contribution in [1.29, 1.82) is 5.26 Å². The summed E-state index contributed by atoms with van der Waals surface area (Å²) in [5.74, 6) is -0.424. The minimum absolute atomic E-state index is 0.0583. The van der Waals surface area contributed by atoms with Crippen molar-refractivity contribution in [2.24, 2.45) is 0 Å². The molecule has 21 heavy (non-hydrogen) atoms. The van der Waals surface area contributed by atoms with E-state index in [1.54, 1.807) is 18.2 Å². The van der Waals surface area contributed by atoms with Gasteiger partial charge in [0.15, 0.2) is 0 Å². The van der Waals surface area contributed by atoms with Crippen molar-refractivity contribution in [3.8, 4) is 6.07 Å². The van der Waals surface area contributed by atoms with Crippen LogP contribution in [0.4, 0.5) is 4.39 Å². The van der Waals surface area contributed by atoms with E-state index in [1.807, 2.05) is 6.92 Å². The van der Waals surface area contributed by atoms with Crippen LogP contribution in [0, 0.1) is 24.1 Å². The summed E-state index contributed by atoms with van der Waals surface area (Å²) in [6, 6.07) is 13.2. The molecule has 0 N–H and O–H groups in total. The van der Waals surface area contributed by atoms with E-state index in [2.05, 4.69) is 0 Å². The molecule has 5 heteroatoms. The van der Waals surface area contributed by atoms with Crippen LogP contribution >= 0.6 is 0 Å². The number of aryl methyl sites for hydroxylation is 1. The molecule has 0 aliphatic heterocycles. The molecular formula is C16H12FNO2S. The number of sulfone groups is 1. The van der Waals surface area contributed by atoms with Crippen molar-refractivity contribution in [3.05, 3.63) is 70.4 Å². The van der Waals surface area contributed by atoms with E-state index in [1.165, 1.54) is 42.5 Å². The summed E-state index contributed by atoms with van der Waals surface area (Å²) in [6.45, 7) is 1.84. The molecule has 106 valence electrons. The molecule has 2 rings (SSSR count). The van der Waals surface area contributed by atoms with Gasteiger partial charge in [-0.3, -0.25) is 0 Å². The third-order valence-electron chi connectivity index (χ3n) is 2.90. The summed E-state index contributed by atoms with van der Waals surface area (Å²) < 4.78 is 37.6. The number of hydrogen-bond donors (Lipinski definition) is 0. The maximum absolute atomic E-state index is 12.8. The number of benzene rings is 2. The Morgan fingerprint density at radius 1 is 1.10 bits per heavy atom. The van der Waals surface area contributed by atoms with Gasteiger partial charge in [0.2, 0.25) is 9.84 Å². The largest absolute Gasteiger partial charge is 0.218 e. The van der Waals surface area contributed by atoms with Gasteiger partial charge in [-0.15, -0.1) is 0 Å². The van der Waals surface area contributed by atoms with Gasteiger partial charge in [0, 0.05) is 0 Å². The van der Waals surface area contributed by atoms with Crippen LogP contribution in [0.2, 0.25) is 0 Å². The maximum Gasteiger partial charge on any atom is 0.216 e. The average Bonchev–Trinajstić information content (AvgIpc) is 2.47. The average molecular weight is 301 g/mol. The number of nitrogens with zero attached hydrogens (tertiary/aromatic N) is 1. The van der Waals surface area contributed by atoms with Crippen LogP contribution in [0.1, 0.15) is 11.1 Å². The summed E-state index contributed by atoms with van der Waals surface area (Å²) in [5, 5.41) is 9.12. The number of halogens is 1. The molecule has 0 saturated carbocycles. The second-order valence-corrected chi connectivity index (χ2v) is 6.41. The number of hydrogen-bond acceptors (Lipinski definition) is 3. The van der Waals surface area contributed by atoms with Gasteiger partial charge in [-0.1, -0.05) is 29.8 Å². The summed E-state index contributed by atoms with van der Waals surface area (Å²) >= 11 is 0. The van der Waals surface area contributed by atoms with E-state index in [9.17, 15) is 12.8 Å². The first-order valence-electron chi connectivity index (χ1n) is 6.12. The van der Waals surface area contributed by atoms with Gasteiger partial charge in [-0.25, -0.2) is 12.8 Å². The minimum atomic E-state index is -3.87. The molecule has 0 saturated heterocycles. The zero-order valence-corrected chi connectivity index (χ0v) is 12.1. The van der Waals surface area contributed by atoms with E-state index in [0.717, 1.165) is 5.56 Å². The van der Waals surface area contributed by atoms with Crippen LogP contribution in [0.3, 0.4) is 0 Å². The number of nitriles is 1. The zero-order valence-electron chi connectivity index (χ0n) is 11.2. The highest BCUT2D eigenvalue weighted by Gasteiger charge is 2.20. The number of rotatable bonds is 3. The maximum atomic E-state index is 12.8. The Bertz CT molecular complexity index is 814. The molecule has 3 nitrogen and oxygen atoms in total. The Hall–Kier alpha value is -2.45. The van der Waals surface area contributed by atoms with Crippen molar-refractivity contribution < 1.29 is 12.8 Å². The Balaban J connectivity index is 2.47. The van der Waals surface area contributed by atoms with Gasteiger partial charge in [-0.2, -0.15) is 5.26 Å². The summed E-state index contributed by atoms with van der Waals surface area (Å²) in [7, 11) is -3.87. The van der Waals surface area contributed by atoms with Gasteiger partial charge in [0.1, 0.15) is 16.8 Å². The molecule has 0 radical (unpaired) electrons. The molecule has 0 atom stereocenters. The fourth-order valence-corrected chi connectivity index (χ4v) is 2.88. The van der Waals surface area contributed by atoms with E-state index < -0.39 is 15.7 Å². The smallest absolute Gasteiger partial charge is 0.216 e. The third kappa shape index (κ3) is 3.36. The molecular weight excluding hydrogens is 289 g/mol. The van der Waals surface area contributed by atoms with Gasteiger partial charge < -0.3 is 0 Å². The second-order valence-electron chi connectivity index (χ2n) is 4.49. The highest BCUT2D eigenvalue weighted by Crippen LogP contribution is 2.21. The Kier molecular flexibility index (Phi) is 4.20. The summed E-state index contributed by atoms with van der Waals surface area (Å²) in [4.78, 5) is -0.319. The van der Waals surface area contributed by atoms with Crippen LogP contribution in [-0.4, -0.2) is 8.42 Å². The van der Waals surface area contributed by atoms with Crippen molar-refractivity contribution in [3.63, 3.8) is 0 Å². The Labute approximate surface area is 122 Å². The third-order valence-corrected chi connectivity index (χ3v) is 4.58. The highest BCUT2D eigenvalue weighted by molar-refractivity contribution is 7.95. The topological polar surface area (TPSA) is 57.9 Å². The van der Waals surface area contributed by atoms with Gasteiger partial charge >= 0.3 is 0 Å². The van der Waals surface area contributed by atoms with Crippen molar-refractivity contribution in [2.45, 2.75) is 11.8 Å². The molecule has 0 bridgehead atoms. The van der Waals surface area contributed by atoms with Crippen molar-refractivity contribution in [1.82, 2.24) is 0 Å². The Morgan fingerprint density at radius 2 is 1.67 bits per heavy atom. The van der Waals surface area contributed by atoms with E-state index in [4.69, 9.17) is 5.26 Å². The lowest BCUT2D eigenvalue weighted by atomic mass is 10.2. The van der Waals surface area contributed by atoms with Crippen LogP contribution in [-0.2, 0) is 9.84 Å². The van der Waals surface area contributed by atoms with E-state index >= 15 is 0 Å². The van der Waals surface area contributed by atoms with Gasteiger partial charge in [-0.05, 0) is 42.8 Å². The first kappa shape index (κ1) is 14.9. The predicted octanol–water partition coefficient (Wildman–Crippen LogP) is 3.47. The Morgan fingerprint density at radius 3 is 2.19 bits per heavy atom. The lowest BCUT2D eigenvalue weighted by Crippen LogP contribution is -2.03. The molecule has 2 aromatic rings. The fraction of sp³-hybridized carbons (Fsp3) is 0.0625. The van der Waals surface area contributed by atoms with E-state index in [-0.39, 0.29) is 9.80 Å². The second kappa shape index (κ2) is 5.90. The van der Waals surface area contributed by atoms with Crippen LogP contribution in [0.25, 0.3) is 6.08 Å². The van der Waals surface area contributed by atoms with E-state index in [0.29, 0.717) is 5.56 Å². The summed E-state index contributed by atoms with van der Waals surface area (Å²) in [6.07, 6.45) is 1.23. The zero-order chi connectivity index (χ0) is 15.5. The van der Waals surface area contributed by atoms with Gasteiger partial charge in [0.25, 0.3) is 0 Å². The molecule has 0 aliphatic carbocycles. The standard InChI is InChI=1S/C16H12FNO2S/c1-12-2-8-15(9-3-12)21(19,20)16(11-18)10-13-4-6-14(17)7-5-13/h2-10H,1H3/b16-10-.